The monoisotopic (exact) mass is 230 g/mol. The fourth-order valence-corrected chi connectivity index (χ4v) is 1.37. The lowest BCUT2D eigenvalue weighted by Gasteiger charge is -1.95. The molecule has 0 aliphatic rings. The minimum atomic E-state index is -0.141. The van der Waals surface area contributed by atoms with Crippen molar-refractivity contribution in [2.45, 2.75) is 19.3 Å². The number of ether oxygens (including phenoxy) is 1. The number of allylic oxidation sites excluding steroid dienone is 3. The Hall–Kier alpha value is -1.83. The first-order valence-electron chi connectivity index (χ1n) is 5.78. The van der Waals surface area contributed by atoms with E-state index in [0.29, 0.717) is 6.42 Å². The van der Waals surface area contributed by atoms with Gasteiger partial charge in [-0.2, -0.15) is 0 Å². The summed E-state index contributed by atoms with van der Waals surface area (Å²) in [5, 5.41) is 0. The third-order valence-electron chi connectivity index (χ3n) is 2.31. The van der Waals surface area contributed by atoms with Gasteiger partial charge in [0.05, 0.1) is 7.11 Å². The Morgan fingerprint density at radius 2 is 2.00 bits per heavy atom. The van der Waals surface area contributed by atoms with Gasteiger partial charge in [0, 0.05) is 6.42 Å². The fourth-order valence-electron chi connectivity index (χ4n) is 1.37. The molecule has 90 valence electrons. The smallest absolute Gasteiger partial charge is 0.305 e. The zero-order valence-corrected chi connectivity index (χ0v) is 10.1. The molecule has 1 aromatic carbocycles. The van der Waals surface area contributed by atoms with Gasteiger partial charge in [0.25, 0.3) is 0 Å². The highest BCUT2D eigenvalue weighted by Crippen LogP contribution is 2.02. The number of hydrogen-bond acceptors (Lipinski definition) is 2. The molecule has 0 radical (unpaired) electrons. The first-order chi connectivity index (χ1) is 8.33. The van der Waals surface area contributed by atoms with Crippen LogP contribution in [0.2, 0.25) is 0 Å². The highest BCUT2D eigenvalue weighted by atomic mass is 16.5. The van der Waals surface area contributed by atoms with Gasteiger partial charge in [-0.25, -0.2) is 0 Å². The molecule has 0 amide bonds. The maximum Gasteiger partial charge on any atom is 0.305 e. The molecule has 0 N–H and O–H groups in total. The van der Waals surface area contributed by atoms with E-state index in [1.807, 2.05) is 30.4 Å². The van der Waals surface area contributed by atoms with Crippen LogP contribution < -0.4 is 0 Å². The van der Waals surface area contributed by atoms with Gasteiger partial charge in [0.1, 0.15) is 0 Å². The van der Waals surface area contributed by atoms with Gasteiger partial charge < -0.3 is 4.74 Å². The van der Waals surface area contributed by atoms with Crippen LogP contribution >= 0.6 is 0 Å². The van der Waals surface area contributed by atoms with Crippen molar-refractivity contribution in [3.8, 4) is 0 Å². The lowest BCUT2D eigenvalue weighted by atomic mass is 10.2. The van der Waals surface area contributed by atoms with E-state index in [1.165, 1.54) is 12.7 Å². The van der Waals surface area contributed by atoms with Gasteiger partial charge in [0.15, 0.2) is 0 Å². The van der Waals surface area contributed by atoms with E-state index in [-0.39, 0.29) is 5.97 Å². The Balaban J connectivity index is 2.18. The highest BCUT2D eigenvalue weighted by Gasteiger charge is 1.96. The molecule has 1 aromatic rings. The first kappa shape index (κ1) is 13.2. The predicted octanol–water partition coefficient (Wildman–Crippen LogP) is 3.60. The molecule has 0 bridgehead atoms. The quantitative estimate of drug-likeness (QED) is 0.424. The Kier molecular flexibility index (Phi) is 6.49. The van der Waals surface area contributed by atoms with Crippen LogP contribution in [0.4, 0.5) is 0 Å². The molecule has 0 aromatic heterocycles. The summed E-state index contributed by atoms with van der Waals surface area (Å²) >= 11 is 0. The summed E-state index contributed by atoms with van der Waals surface area (Å²) < 4.78 is 4.56. The minimum Gasteiger partial charge on any atom is -0.469 e. The normalized spacial score (nSPS) is 11.1. The van der Waals surface area contributed by atoms with Crippen molar-refractivity contribution in [1.82, 2.24) is 0 Å². The van der Waals surface area contributed by atoms with Crippen molar-refractivity contribution in [1.29, 1.82) is 0 Å². The molecule has 0 atom stereocenters. The molecule has 0 saturated heterocycles. The molecule has 0 unspecified atom stereocenters. The molecule has 0 aliphatic heterocycles. The summed E-state index contributed by atoms with van der Waals surface area (Å²) in [4.78, 5) is 10.8. The van der Waals surface area contributed by atoms with Crippen molar-refractivity contribution >= 4 is 12.0 Å². The number of benzene rings is 1. The highest BCUT2D eigenvalue weighted by molar-refractivity contribution is 5.69. The predicted molar refractivity (Wildman–Crippen MR) is 70.5 cm³/mol. The van der Waals surface area contributed by atoms with E-state index in [0.717, 1.165) is 12.8 Å². The van der Waals surface area contributed by atoms with Crippen LogP contribution in [0.5, 0.6) is 0 Å². The van der Waals surface area contributed by atoms with Gasteiger partial charge >= 0.3 is 5.97 Å². The minimum absolute atomic E-state index is 0.141. The zero-order valence-electron chi connectivity index (χ0n) is 10.1. The van der Waals surface area contributed by atoms with E-state index in [4.69, 9.17) is 0 Å². The molecule has 0 heterocycles. The first-order valence-corrected chi connectivity index (χ1v) is 5.78. The molecular formula is C15H18O2. The second kappa shape index (κ2) is 8.34. The van der Waals surface area contributed by atoms with Gasteiger partial charge in [-0.3, -0.25) is 4.79 Å². The Morgan fingerprint density at radius 1 is 1.24 bits per heavy atom. The van der Waals surface area contributed by atoms with Crippen LogP contribution in [0.15, 0.2) is 48.6 Å². The number of carbonyl (C=O) groups is 1. The van der Waals surface area contributed by atoms with Crippen LogP contribution in [0.1, 0.15) is 24.8 Å². The average Bonchev–Trinajstić information content (AvgIpc) is 2.38. The van der Waals surface area contributed by atoms with Gasteiger partial charge in [-0.15, -0.1) is 0 Å². The van der Waals surface area contributed by atoms with Crippen molar-refractivity contribution in [2.24, 2.45) is 0 Å². The number of carbonyl (C=O) groups excluding carboxylic acids is 1. The van der Waals surface area contributed by atoms with Crippen LogP contribution in [-0.2, 0) is 9.53 Å². The van der Waals surface area contributed by atoms with Crippen LogP contribution in [-0.4, -0.2) is 13.1 Å². The van der Waals surface area contributed by atoms with Crippen LogP contribution in [0, 0.1) is 0 Å². The second-order valence-electron chi connectivity index (χ2n) is 3.67. The largest absolute Gasteiger partial charge is 0.469 e. The van der Waals surface area contributed by atoms with Gasteiger partial charge in [-0.05, 0) is 18.4 Å². The average molecular weight is 230 g/mol. The molecule has 0 spiro atoms. The van der Waals surface area contributed by atoms with Crippen molar-refractivity contribution in [3.05, 3.63) is 54.1 Å². The van der Waals surface area contributed by atoms with Gasteiger partial charge in [0.2, 0.25) is 0 Å². The number of hydrogen-bond donors (Lipinski definition) is 0. The number of unbranched alkanes of at least 4 members (excludes halogenated alkanes) is 1. The Labute approximate surface area is 103 Å². The standard InChI is InChI=1S/C15H18O2/c1-17-15(16)13-9-4-2-3-6-10-14-11-7-5-8-12-14/h2-3,5-8,10-12H,4,9,13H2,1H3/b3-2+,10-6+. The Bertz CT molecular complexity index is 377. The molecule has 0 aliphatic carbocycles. The second-order valence-corrected chi connectivity index (χ2v) is 3.67. The van der Waals surface area contributed by atoms with Crippen molar-refractivity contribution in [2.75, 3.05) is 7.11 Å². The fraction of sp³-hybridized carbons (Fsp3) is 0.267. The van der Waals surface area contributed by atoms with Crippen molar-refractivity contribution < 1.29 is 9.53 Å². The molecule has 1 rings (SSSR count). The van der Waals surface area contributed by atoms with E-state index >= 15 is 0 Å². The summed E-state index contributed by atoms with van der Waals surface area (Å²) in [5.41, 5.74) is 1.19. The Morgan fingerprint density at radius 3 is 2.71 bits per heavy atom. The zero-order chi connectivity index (χ0) is 12.3. The number of methoxy groups -OCH3 is 1. The van der Waals surface area contributed by atoms with E-state index < -0.39 is 0 Å². The van der Waals surface area contributed by atoms with E-state index in [1.54, 1.807) is 0 Å². The summed E-state index contributed by atoms with van der Waals surface area (Å²) in [6.45, 7) is 0. The number of rotatable bonds is 6. The number of esters is 1. The third-order valence-corrected chi connectivity index (χ3v) is 2.31. The molecule has 2 nitrogen and oxygen atoms in total. The lowest BCUT2D eigenvalue weighted by molar-refractivity contribution is -0.140. The van der Waals surface area contributed by atoms with Gasteiger partial charge in [-0.1, -0.05) is 54.6 Å². The summed E-state index contributed by atoms with van der Waals surface area (Å²) in [6, 6.07) is 10.1. The maximum atomic E-state index is 10.8. The topological polar surface area (TPSA) is 26.3 Å². The van der Waals surface area contributed by atoms with E-state index in [2.05, 4.69) is 29.0 Å². The van der Waals surface area contributed by atoms with Crippen LogP contribution in [0.3, 0.4) is 0 Å². The lowest BCUT2D eigenvalue weighted by Crippen LogP contribution is -1.98. The molecular weight excluding hydrogens is 212 g/mol. The summed E-state index contributed by atoms with van der Waals surface area (Å²) in [6.07, 6.45) is 10.3. The molecule has 0 saturated carbocycles. The summed E-state index contributed by atoms with van der Waals surface area (Å²) in [5.74, 6) is -0.141. The third kappa shape index (κ3) is 6.36. The van der Waals surface area contributed by atoms with E-state index in [9.17, 15) is 4.79 Å². The maximum absolute atomic E-state index is 10.8. The molecule has 17 heavy (non-hydrogen) atoms. The molecule has 0 fully saturated rings. The molecule has 2 heteroatoms. The summed E-state index contributed by atoms with van der Waals surface area (Å²) in [7, 11) is 1.42. The SMILES string of the molecule is COC(=O)CCC/C=C/C=C/c1ccccc1. The van der Waals surface area contributed by atoms with Crippen LogP contribution in [0.25, 0.3) is 6.08 Å². The van der Waals surface area contributed by atoms with Crippen molar-refractivity contribution in [3.63, 3.8) is 0 Å².